The van der Waals surface area contributed by atoms with Gasteiger partial charge < -0.3 is 10.2 Å². The molecule has 0 spiro atoms. The highest BCUT2D eigenvalue weighted by Gasteiger charge is 2.29. The van der Waals surface area contributed by atoms with Crippen molar-refractivity contribution >= 4 is 23.2 Å². The number of amides is 2. The molecule has 3 heterocycles. The van der Waals surface area contributed by atoms with E-state index in [0.717, 1.165) is 41.2 Å². The highest BCUT2D eigenvalue weighted by molar-refractivity contribution is 7.17. The summed E-state index contributed by atoms with van der Waals surface area (Å²) in [5.74, 6) is -0.0170. The minimum atomic E-state index is -0.104. The molecular weight excluding hydrogens is 420 g/mol. The lowest BCUT2D eigenvalue weighted by atomic mass is 9.93. The fraction of sp³-hybridized carbons (Fsp3) is 0.360. The van der Waals surface area contributed by atoms with Crippen molar-refractivity contribution in [3.63, 3.8) is 0 Å². The van der Waals surface area contributed by atoms with Crippen LogP contribution in [0.3, 0.4) is 0 Å². The van der Waals surface area contributed by atoms with Crippen LogP contribution in [0.15, 0.2) is 54.7 Å². The van der Waals surface area contributed by atoms with E-state index in [2.05, 4.69) is 22.2 Å². The monoisotopic (exact) mass is 448 g/mol. The van der Waals surface area contributed by atoms with E-state index >= 15 is 0 Å². The summed E-state index contributed by atoms with van der Waals surface area (Å²) < 4.78 is 0. The Bertz CT molecular complexity index is 1060. The molecule has 1 N–H and O–H groups in total. The first kappa shape index (κ1) is 22.1. The number of carbonyl (C=O) groups excluding carboxylic acids is 2. The van der Waals surface area contributed by atoms with Gasteiger partial charge in [-0.2, -0.15) is 0 Å². The van der Waals surface area contributed by atoms with E-state index < -0.39 is 0 Å². The minimum absolute atomic E-state index is 0.0585. The first-order chi connectivity index (χ1) is 15.6. The predicted molar refractivity (Wildman–Crippen MR) is 127 cm³/mol. The fourth-order valence-corrected chi connectivity index (χ4v) is 5.11. The van der Waals surface area contributed by atoms with Gasteiger partial charge in [-0.1, -0.05) is 43.3 Å². The third-order valence-electron chi connectivity index (χ3n) is 5.94. The average molecular weight is 449 g/mol. The van der Waals surface area contributed by atoms with E-state index in [1.165, 1.54) is 11.3 Å². The quantitative estimate of drug-likeness (QED) is 0.605. The number of aromatic nitrogens is 2. The number of nitrogens with one attached hydrogen (secondary N) is 1. The normalized spacial score (nSPS) is 15.4. The number of benzene rings is 1. The Hall–Kier alpha value is -3.06. The minimum Gasteiger partial charge on any atom is -0.348 e. The number of thiazole rings is 1. The molecule has 2 aromatic heterocycles. The van der Waals surface area contributed by atoms with Gasteiger partial charge in [0, 0.05) is 25.3 Å². The van der Waals surface area contributed by atoms with E-state index in [-0.39, 0.29) is 23.8 Å². The third-order valence-corrected chi connectivity index (χ3v) is 7.12. The molecule has 4 rings (SSSR count). The lowest BCUT2D eigenvalue weighted by Crippen LogP contribution is -2.47. The molecule has 1 saturated heterocycles. The Balaban J connectivity index is 1.35. The lowest BCUT2D eigenvalue weighted by molar-refractivity contribution is -0.134. The molecule has 1 unspecified atom stereocenters. The van der Waals surface area contributed by atoms with E-state index in [1.54, 1.807) is 6.20 Å². The van der Waals surface area contributed by atoms with E-state index in [9.17, 15) is 9.59 Å². The molecule has 0 aliphatic carbocycles. The zero-order valence-electron chi connectivity index (χ0n) is 18.5. The van der Waals surface area contributed by atoms with Gasteiger partial charge in [0.1, 0.15) is 9.88 Å². The molecule has 6 nitrogen and oxygen atoms in total. The Kier molecular flexibility index (Phi) is 6.95. The summed E-state index contributed by atoms with van der Waals surface area (Å²) in [7, 11) is 0. The highest BCUT2D eigenvalue weighted by Crippen LogP contribution is 2.27. The van der Waals surface area contributed by atoms with Crippen LogP contribution in [0.4, 0.5) is 0 Å². The fourth-order valence-electron chi connectivity index (χ4n) is 4.16. The van der Waals surface area contributed by atoms with Gasteiger partial charge in [-0.05, 0) is 43.9 Å². The molecule has 1 fully saturated rings. The Morgan fingerprint density at radius 2 is 1.84 bits per heavy atom. The Labute approximate surface area is 192 Å². The largest absolute Gasteiger partial charge is 0.348 e. The van der Waals surface area contributed by atoms with Gasteiger partial charge in [0.05, 0.1) is 17.3 Å². The molecule has 3 aromatic rings. The topological polar surface area (TPSA) is 75.2 Å². The molecule has 1 atom stereocenters. The second kappa shape index (κ2) is 10.0. The summed E-state index contributed by atoms with van der Waals surface area (Å²) in [6, 6.07) is 15.7. The van der Waals surface area contributed by atoms with Crippen molar-refractivity contribution in [2.24, 2.45) is 0 Å². The van der Waals surface area contributed by atoms with Crippen molar-refractivity contribution in [3.05, 3.63) is 70.9 Å². The molecule has 2 amide bonds. The smallest absolute Gasteiger partial charge is 0.263 e. The number of hydrogen-bond donors (Lipinski definition) is 1. The lowest BCUT2D eigenvalue weighted by Gasteiger charge is -2.34. The van der Waals surface area contributed by atoms with Gasteiger partial charge in [-0.25, -0.2) is 4.98 Å². The van der Waals surface area contributed by atoms with Gasteiger partial charge in [-0.3, -0.25) is 14.6 Å². The SMILES string of the molecule is CCC(C(=O)N1CCC(NC(=O)c2sc(-c3ccccn3)nc2C)CC1)c1ccccc1. The summed E-state index contributed by atoms with van der Waals surface area (Å²) in [6.45, 7) is 5.23. The molecule has 0 bridgehead atoms. The molecule has 32 heavy (non-hydrogen) atoms. The predicted octanol–water partition coefficient (Wildman–Crippen LogP) is 4.43. The van der Waals surface area contributed by atoms with E-state index in [4.69, 9.17) is 0 Å². The first-order valence-electron chi connectivity index (χ1n) is 11.1. The van der Waals surface area contributed by atoms with Crippen LogP contribution in [0, 0.1) is 6.92 Å². The van der Waals surface area contributed by atoms with Crippen LogP contribution in [0.25, 0.3) is 10.7 Å². The van der Waals surface area contributed by atoms with Crippen molar-refractivity contribution < 1.29 is 9.59 Å². The Morgan fingerprint density at radius 3 is 2.50 bits per heavy atom. The van der Waals surface area contributed by atoms with E-state index in [0.29, 0.717) is 18.0 Å². The Morgan fingerprint density at radius 1 is 1.12 bits per heavy atom. The van der Waals surface area contributed by atoms with Gasteiger partial charge in [0.15, 0.2) is 0 Å². The summed E-state index contributed by atoms with van der Waals surface area (Å²) in [5.41, 5.74) is 2.56. The van der Waals surface area contributed by atoms with Gasteiger partial charge in [0.25, 0.3) is 5.91 Å². The van der Waals surface area contributed by atoms with Crippen LogP contribution >= 0.6 is 11.3 Å². The van der Waals surface area contributed by atoms with Gasteiger partial charge in [0.2, 0.25) is 5.91 Å². The van der Waals surface area contributed by atoms with Crippen molar-refractivity contribution in [1.82, 2.24) is 20.2 Å². The van der Waals surface area contributed by atoms with Crippen LogP contribution in [0.5, 0.6) is 0 Å². The summed E-state index contributed by atoms with van der Waals surface area (Å²) >= 11 is 1.37. The van der Waals surface area contributed by atoms with Crippen LogP contribution in [-0.2, 0) is 4.79 Å². The van der Waals surface area contributed by atoms with Crippen LogP contribution in [-0.4, -0.2) is 45.8 Å². The average Bonchev–Trinajstić information content (AvgIpc) is 3.23. The van der Waals surface area contributed by atoms with Crippen LogP contribution in [0.1, 0.15) is 53.0 Å². The summed E-state index contributed by atoms with van der Waals surface area (Å²) in [4.78, 5) is 37.4. The molecule has 1 aliphatic heterocycles. The molecule has 0 radical (unpaired) electrons. The van der Waals surface area contributed by atoms with Crippen LogP contribution in [0.2, 0.25) is 0 Å². The number of carbonyl (C=O) groups is 2. The summed E-state index contributed by atoms with van der Waals surface area (Å²) in [6.07, 6.45) is 4.02. The van der Waals surface area contributed by atoms with Gasteiger partial charge >= 0.3 is 0 Å². The number of likely N-dealkylation sites (tertiary alicyclic amines) is 1. The second-order valence-electron chi connectivity index (χ2n) is 8.09. The first-order valence-corrected chi connectivity index (χ1v) is 11.9. The van der Waals surface area contributed by atoms with Crippen molar-refractivity contribution in [3.8, 4) is 10.7 Å². The molecule has 166 valence electrons. The maximum Gasteiger partial charge on any atom is 0.263 e. The second-order valence-corrected chi connectivity index (χ2v) is 9.09. The zero-order valence-corrected chi connectivity index (χ0v) is 19.3. The number of hydrogen-bond acceptors (Lipinski definition) is 5. The molecule has 1 aliphatic rings. The third kappa shape index (κ3) is 4.88. The number of piperidine rings is 1. The van der Waals surface area contributed by atoms with Gasteiger partial charge in [-0.15, -0.1) is 11.3 Å². The number of aryl methyl sites for hydroxylation is 1. The molecular formula is C25H28N4O2S. The van der Waals surface area contributed by atoms with Crippen molar-refractivity contribution in [2.75, 3.05) is 13.1 Å². The van der Waals surface area contributed by atoms with E-state index in [1.807, 2.05) is 60.4 Å². The zero-order chi connectivity index (χ0) is 22.5. The number of rotatable bonds is 6. The maximum absolute atomic E-state index is 13.1. The number of pyridine rings is 1. The highest BCUT2D eigenvalue weighted by atomic mass is 32.1. The standard InChI is InChI=1S/C25H28N4O2S/c1-3-20(18-9-5-4-6-10-18)25(31)29-15-12-19(13-16-29)28-23(30)22-17(2)27-24(32-22)21-11-7-8-14-26-21/h4-11,14,19-20H,3,12-13,15-16H2,1-2H3,(H,28,30). The molecule has 7 heteroatoms. The van der Waals surface area contributed by atoms with Crippen LogP contribution < -0.4 is 5.32 Å². The molecule has 1 aromatic carbocycles. The maximum atomic E-state index is 13.1. The van der Waals surface area contributed by atoms with Crippen molar-refractivity contribution in [1.29, 1.82) is 0 Å². The molecule has 0 saturated carbocycles. The summed E-state index contributed by atoms with van der Waals surface area (Å²) in [5, 5.41) is 3.90. The van der Waals surface area contributed by atoms with Crippen molar-refractivity contribution in [2.45, 2.75) is 45.1 Å². The number of nitrogens with zero attached hydrogens (tertiary/aromatic N) is 3.